The second-order valence-electron chi connectivity index (χ2n) is 12.1. The molecule has 2 aromatic carbocycles. The highest BCUT2D eigenvalue weighted by Gasteiger charge is 2.39. The van der Waals surface area contributed by atoms with Gasteiger partial charge in [0.15, 0.2) is 5.82 Å². The number of hydrogen-bond acceptors (Lipinski definition) is 11. The number of ether oxygens (including phenoxy) is 3. The smallest absolute Gasteiger partial charge is 0.323 e. The Morgan fingerprint density at radius 1 is 0.723 bits per heavy atom. The van der Waals surface area contributed by atoms with Gasteiger partial charge < -0.3 is 40.0 Å². The fourth-order valence-corrected chi connectivity index (χ4v) is 6.41. The summed E-state index contributed by atoms with van der Waals surface area (Å²) in [5.41, 5.74) is 2.56. The van der Waals surface area contributed by atoms with Gasteiger partial charge in [0, 0.05) is 61.8 Å². The van der Waals surface area contributed by atoms with Gasteiger partial charge in [-0.15, -0.1) is 0 Å². The van der Waals surface area contributed by atoms with Crippen molar-refractivity contribution < 1.29 is 23.8 Å². The minimum atomic E-state index is -0.389. The van der Waals surface area contributed by atoms with Gasteiger partial charge in [0.1, 0.15) is 0 Å². The summed E-state index contributed by atoms with van der Waals surface area (Å²) < 4.78 is 16.7. The average molecular weight is 644 g/mol. The van der Waals surface area contributed by atoms with E-state index in [1.54, 1.807) is 24.3 Å². The molecule has 4 saturated heterocycles. The first-order chi connectivity index (χ1) is 23.1. The van der Waals surface area contributed by atoms with Crippen molar-refractivity contribution in [2.24, 2.45) is 0 Å². The summed E-state index contributed by atoms with van der Waals surface area (Å²) >= 11 is 0. The molecule has 1 aromatic heterocycles. The molecule has 4 aliphatic rings. The summed E-state index contributed by atoms with van der Waals surface area (Å²) in [6.45, 7) is 8.67. The van der Waals surface area contributed by atoms with Crippen molar-refractivity contribution in [2.45, 2.75) is 24.9 Å². The van der Waals surface area contributed by atoms with Crippen molar-refractivity contribution in [3.05, 3.63) is 54.1 Å². The second-order valence-corrected chi connectivity index (χ2v) is 12.1. The quantitative estimate of drug-likeness (QED) is 0.316. The molecular formula is C33H41N9O5. The zero-order valence-electron chi connectivity index (χ0n) is 26.4. The molecule has 4 fully saturated rings. The standard InChI is InChI=1S/C33H41N9O5/c43-30(34-11-12-40-13-17-45-18-14-40)24-3-7-26(8-4-24)36-33(44)35-25-5-1-23(2-6-25)29-37-31(41-15-19-46-20-16-41)39-32(38-29)42-27-9-10-28(42)22-47-21-27/h1-8,27-28H,9-22H2,(H,34,43)(H2,35,36,44). The van der Waals surface area contributed by atoms with Crippen LogP contribution in [0.25, 0.3) is 11.4 Å². The highest BCUT2D eigenvalue weighted by atomic mass is 16.5. The van der Waals surface area contributed by atoms with E-state index >= 15 is 0 Å². The Morgan fingerprint density at radius 3 is 1.98 bits per heavy atom. The molecule has 7 rings (SSSR count). The van der Waals surface area contributed by atoms with Crippen LogP contribution in [0.4, 0.5) is 28.1 Å². The van der Waals surface area contributed by atoms with Gasteiger partial charge >= 0.3 is 6.03 Å². The van der Waals surface area contributed by atoms with E-state index in [1.807, 2.05) is 24.3 Å². The third kappa shape index (κ3) is 7.62. The number of fused-ring (bicyclic) bond motifs is 2. The van der Waals surface area contributed by atoms with Crippen LogP contribution in [0.15, 0.2) is 48.5 Å². The van der Waals surface area contributed by atoms with E-state index < -0.39 is 0 Å². The van der Waals surface area contributed by atoms with E-state index in [-0.39, 0.29) is 24.0 Å². The maximum atomic E-state index is 12.8. The molecule has 14 nitrogen and oxygen atoms in total. The Kier molecular flexibility index (Phi) is 9.70. The number of aromatic nitrogens is 3. The number of morpholine rings is 3. The van der Waals surface area contributed by atoms with Gasteiger partial charge in [-0.2, -0.15) is 15.0 Å². The molecule has 3 amide bonds. The molecule has 0 spiro atoms. The highest BCUT2D eigenvalue weighted by molar-refractivity contribution is 6.00. The van der Waals surface area contributed by atoms with Crippen LogP contribution in [0.3, 0.4) is 0 Å². The molecule has 4 aliphatic heterocycles. The van der Waals surface area contributed by atoms with Crippen molar-refractivity contribution in [1.29, 1.82) is 0 Å². The van der Waals surface area contributed by atoms with Crippen LogP contribution in [0, 0.1) is 0 Å². The molecule has 0 saturated carbocycles. The van der Waals surface area contributed by atoms with Gasteiger partial charge in [-0.3, -0.25) is 9.69 Å². The molecule has 2 bridgehead atoms. The van der Waals surface area contributed by atoms with Gasteiger partial charge in [0.2, 0.25) is 11.9 Å². The van der Waals surface area contributed by atoms with Crippen molar-refractivity contribution in [3.63, 3.8) is 0 Å². The Bertz CT molecular complexity index is 1510. The highest BCUT2D eigenvalue weighted by Crippen LogP contribution is 2.34. The first-order valence-corrected chi connectivity index (χ1v) is 16.4. The third-order valence-corrected chi connectivity index (χ3v) is 9.00. The van der Waals surface area contributed by atoms with E-state index in [4.69, 9.17) is 29.2 Å². The lowest BCUT2D eigenvalue weighted by Crippen LogP contribution is -2.47. The van der Waals surface area contributed by atoms with Crippen LogP contribution in [-0.2, 0) is 14.2 Å². The monoisotopic (exact) mass is 643 g/mol. The largest absolute Gasteiger partial charge is 0.379 e. The van der Waals surface area contributed by atoms with Crippen LogP contribution in [0.2, 0.25) is 0 Å². The normalized spacial score (nSPS) is 21.4. The topological polar surface area (TPSA) is 146 Å². The summed E-state index contributed by atoms with van der Waals surface area (Å²) in [6.07, 6.45) is 2.13. The number of hydrogen-bond donors (Lipinski definition) is 3. The predicted molar refractivity (Wildman–Crippen MR) is 177 cm³/mol. The first kappa shape index (κ1) is 31.2. The lowest BCUT2D eigenvalue weighted by Gasteiger charge is -2.35. The van der Waals surface area contributed by atoms with Crippen molar-refractivity contribution >= 4 is 35.2 Å². The number of rotatable bonds is 9. The first-order valence-electron chi connectivity index (χ1n) is 16.4. The van der Waals surface area contributed by atoms with Gasteiger partial charge in [0.25, 0.3) is 5.91 Å². The Hall–Kier alpha value is -4.37. The number of carbonyl (C=O) groups is 2. The van der Waals surface area contributed by atoms with Crippen LogP contribution < -0.4 is 25.8 Å². The Balaban J connectivity index is 0.969. The molecule has 3 N–H and O–H groups in total. The zero-order valence-corrected chi connectivity index (χ0v) is 26.4. The lowest BCUT2D eigenvalue weighted by atomic mass is 10.2. The van der Waals surface area contributed by atoms with Crippen LogP contribution in [-0.4, -0.2) is 123 Å². The predicted octanol–water partition coefficient (Wildman–Crippen LogP) is 2.45. The average Bonchev–Trinajstić information content (AvgIpc) is 3.37. The molecule has 248 valence electrons. The molecule has 14 heteroatoms. The van der Waals surface area contributed by atoms with Gasteiger partial charge in [-0.25, -0.2) is 4.79 Å². The molecule has 2 unspecified atom stereocenters. The number of nitrogens with zero attached hydrogens (tertiary/aromatic N) is 6. The molecule has 5 heterocycles. The number of benzene rings is 2. The van der Waals surface area contributed by atoms with E-state index in [0.29, 0.717) is 67.6 Å². The van der Waals surface area contributed by atoms with Gasteiger partial charge in [0.05, 0.1) is 51.7 Å². The maximum absolute atomic E-state index is 12.8. The molecule has 0 aliphatic carbocycles. The number of amides is 3. The number of urea groups is 1. The van der Waals surface area contributed by atoms with Gasteiger partial charge in [-0.05, 0) is 61.4 Å². The summed E-state index contributed by atoms with van der Waals surface area (Å²) in [7, 11) is 0. The van der Waals surface area contributed by atoms with E-state index in [9.17, 15) is 9.59 Å². The minimum absolute atomic E-state index is 0.144. The van der Waals surface area contributed by atoms with Gasteiger partial charge in [-0.1, -0.05) is 0 Å². The second kappa shape index (κ2) is 14.6. The summed E-state index contributed by atoms with van der Waals surface area (Å²) in [6, 6.07) is 14.4. The number of nitrogens with one attached hydrogen (secondary N) is 3. The third-order valence-electron chi connectivity index (χ3n) is 9.00. The summed E-state index contributed by atoms with van der Waals surface area (Å²) in [5, 5.41) is 8.65. The fourth-order valence-electron chi connectivity index (χ4n) is 6.41. The molecular weight excluding hydrogens is 602 g/mol. The van der Waals surface area contributed by atoms with Crippen molar-refractivity contribution in [3.8, 4) is 11.4 Å². The SMILES string of the molecule is O=C(Nc1ccc(C(=O)NCCN2CCOCC2)cc1)Nc1ccc(-c2nc(N3CCOCC3)nc(N3C4CCC3COC4)n2)cc1. The molecule has 2 atom stereocenters. The van der Waals surface area contributed by atoms with Crippen LogP contribution in [0.5, 0.6) is 0 Å². The molecule has 47 heavy (non-hydrogen) atoms. The van der Waals surface area contributed by atoms with E-state index in [0.717, 1.165) is 64.3 Å². The maximum Gasteiger partial charge on any atom is 0.323 e. The number of carbonyl (C=O) groups excluding carboxylic acids is 2. The molecule has 3 aromatic rings. The number of anilines is 4. The lowest BCUT2D eigenvalue weighted by molar-refractivity contribution is 0.0383. The van der Waals surface area contributed by atoms with Crippen LogP contribution in [0.1, 0.15) is 23.2 Å². The Morgan fingerprint density at radius 2 is 1.32 bits per heavy atom. The zero-order chi connectivity index (χ0) is 32.0. The fraction of sp³-hybridized carbons (Fsp3) is 0.485. The summed E-state index contributed by atoms with van der Waals surface area (Å²) in [4.78, 5) is 46.7. The minimum Gasteiger partial charge on any atom is -0.379 e. The van der Waals surface area contributed by atoms with Crippen molar-refractivity contribution in [1.82, 2.24) is 25.2 Å². The summed E-state index contributed by atoms with van der Waals surface area (Å²) in [5.74, 6) is 1.78. The van der Waals surface area contributed by atoms with Crippen molar-refractivity contribution in [2.75, 3.05) is 99.3 Å². The van der Waals surface area contributed by atoms with E-state index in [2.05, 4.69) is 30.7 Å². The molecule has 0 radical (unpaired) electrons. The van der Waals surface area contributed by atoms with E-state index in [1.165, 1.54) is 0 Å². The Labute approximate surface area is 273 Å². The van der Waals surface area contributed by atoms with Crippen LogP contribution >= 0.6 is 0 Å².